The summed E-state index contributed by atoms with van der Waals surface area (Å²) in [6.45, 7) is 5.62. The van der Waals surface area contributed by atoms with Gasteiger partial charge < -0.3 is 45.1 Å². The zero-order valence-electron chi connectivity index (χ0n) is 46.0. The third kappa shape index (κ3) is 37.1. The van der Waals surface area contributed by atoms with Crippen LogP contribution in [-0.4, -0.2) is 99.6 Å². The summed E-state index contributed by atoms with van der Waals surface area (Å²) in [4.78, 5) is 26.4. The van der Waals surface area contributed by atoms with Crippen molar-refractivity contribution in [3.05, 3.63) is 60.8 Å². The second-order valence-corrected chi connectivity index (χ2v) is 20.4. The predicted molar refractivity (Wildman–Crippen MR) is 296 cm³/mol. The van der Waals surface area contributed by atoms with E-state index in [-0.39, 0.29) is 19.4 Å². The molecule has 11 heteroatoms. The number of amides is 1. The lowest BCUT2D eigenvalue weighted by Crippen LogP contribution is -2.61. The second kappa shape index (κ2) is 49.2. The molecule has 8 atom stereocenters. The highest BCUT2D eigenvalue weighted by molar-refractivity contribution is 5.80. The first-order valence-corrected chi connectivity index (χ1v) is 29.6. The van der Waals surface area contributed by atoms with Gasteiger partial charge in [0.15, 0.2) is 12.4 Å². The van der Waals surface area contributed by atoms with Gasteiger partial charge in [0.05, 0.1) is 25.4 Å². The van der Waals surface area contributed by atoms with Crippen LogP contribution in [0, 0.1) is 0 Å². The van der Waals surface area contributed by atoms with Crippen LogP contribution in [0.1, 0.15) is 252 Å². The number of carbonyl (C=O) groups is 2. The molecule has 1 saturated heterocycles. The van der Waals surface area contributed by atoms with Crippen molar-refractivity contribution >= 4 is 11.9 Å². The van der Waals surface area contributed by atoms with E-state index in [9.17, 15) is 35.1 Å². The van der Waals surface area contributed by atoms with Crippen molar-refractivity contribution in [3.63, 3.8) is 0 Å². The summed E-state index contributed by atoms with van der Waals surface area (Å²) in [5.74, 6) is -1.23. The summed E-state index contributed by atoms with van der Waals surface area (Å²) in [7, 11) is 0. The van der Waals surface area contributed by atoms with E-state index >= 15 is 0 Å². The van der Waals surface area contributed by atoms with Gasteiger partial charge in [-0.3, -0.25) is 9.59 Å². The van der Waals surface area contributed by atoms with Crippen molar-refractivity contribution in [2.24, 2.45) is 0 Å². The Morgan fingerprint density at radius 1 is 0.556 bits per heavy atom. The van der Waals surface area contributed by atoms with Gasteiger partial charge in [0.25, 0.3) is 0 Å². The Bertz CT molecular complexity index is 1400. The van der Waals surface area contributed by atoms with Gasteiger partial charge in [-0.15, -0.1) is 0 Å². The van der Waals surface area contributed by atoms with E-state index in [1.54, 1.807) is 6.08 Å². The van der Waals surface area contributed by atoms with Gasteiger partial charge in [-0.2, -0.15) is 0 Å². The van der Waals surface area contributed by atoms with Gasteiger partial charge in [0.2, 0.25) is 5.91 Å². The van der Waals surface area contributed by atoms with Gasteiger partial charge in [-0.1, -0.05) is 261 Å². The van der Waals surface area contributed by atoms with E-state index in [4.69, 9.17) is 14.2 Å². The minimum atomic E-state index is -1.63. The highest BCUT2D eigenvalue weighted by Crippen LogP contribution is 2.26. The lowest BCUT2D eigenvalue weighted by molar-refractivity contribution is -0.305. The van der Waals surface area contributed by atoms with Gasteiger partial charge in [-0.05, 0) is 44.9 Å². The summed E-state index contributed by atoms with van der Waals surface area (Å²) in [5, 5.41) is 56.8. The van der Waals surface area contributed by atoms with Crippen molar-refractivity contribution in [1.29, 1.82) is 0 Å². The predicted octanol–water partition coefficient (Wildman–Crippen LogP) is 13.4. The number of allylic oxidation sites excluding steroid dienone is 9. The van der Waals surface area contributed by atoms with Crippen molar-refractivity contribution in [3.8, 4) is 0 Å². The molecule has 0 saturated carbocycles. The van der Waals surface area contributed by atoms with Crippen LogP contribution < -0.4 is 5.32 Å². The Kier molecular flexibility index (Phi) is 46.1. The summed E-state index contributed by atoms with van der Waals surface area (Å²) in [5.41, 5.74) is 0. The summed E-state index contributed by atoms with van der Waals surface area (Å²) < 4.78 is 17.5. The molecular weight excluding hydrogens is 907 g/mol. The van der Waals surface area contributed by atoms with Crippen LogP contribution in [0.2, 0.25) is 0 Å². The first-order chi connectivity index (χ1) is 35.2. The molecule has 1 amide bonds. The molecule has 11 nitrogen and oxygen atoms in total. The van der Waals surface area contributed by atoms with Crippen LogP contribution in [-0.2, 0) is 23.8 Å². The zero-order chi connectivity index (χ0) is 52.5. The molecule has 418 valence electrons. The molecule has 0 spiro atoms. The largest absolute Gasteiger partial charge is 0.454 e. The maximum Gasteiger partial charge on any atom is 0.306 e. The van der Waals surface area contributed by atoms with Crippen LogP contribution in [0.5, 0.6) is 0 Å². The number of rotatable bonds is 49. The van der Waals surface area contributed by atoms with E-state index < -0.39 is 67.4 Å². The Labute approximate surface area is 439 Å². The number of unbranched alkanes of at least 4 members (excludes halogenated alkanes) is 30. The number of hydrogen-bond acceptors (Lipinski definition) is 10. The minimum Gasteiger partial charge on any atom is -0.454 e. The van der Waals surface area contributed by atoms with Crippen LogP contribution in [0.4, 0.5) is 0 Å². The van der Waals surface area contributed by atoms with Crippen molar-refractivity contribution in [2.75, 3.05) is 13.2 Å². The summed E-state index contributed by atoms with van der Waals surface area (Å²) in [6.07, 6.45) is 49.8. The molecule has 1 heterocycles. The normalized spacial score (nSPS) is 19.9. The Morgan fingerprint density at radius 2 is 1.00 bits per heavy atom. The van der Waals surface area contributed by atoms with E-state index in [0.29, 0.717) is 12.8 Å². The molecule has 1 aliphatic rings. The quantitative estimate of drug-likeness (QED) is 0.0149. The summed E-state index contributed by atoms with van der Waals surface area (Å²) in [6, 6.07) is -1.03. The van der Waals surface area contributed by atoms with Crippen LogP contribution in [0.3, 0.4) is 0 Å². The average molecular weight is 1020 g/mol. The highest BCUT2D eigenvalue weighted by Gasteiger charge is 2.47. The molecule has 0 aromatic heterocycles. The molecule has 8 unspecified atom stereocenters. The number of aliphatic hydroxyl groups is 5. The molecule has 1 rings (SSSR count). The van der Waals surface area contributed by atoms with Crippen molar-refractivity contribution in [1.82, 2.24) is 5.32 Å². The lowest BCUT2D eigenvalue weighted by Gasteiger charge is -2.41. The smallest absolute Gasteiger partial charge is 0.306 e. The fourth-order valence-corrected chi connectivity index (χ4v) is 9.07. The minimum absolute atomic E-state index is 0.0771. The molecule has 72 heavy (non-hydrogen) atoms. The van der Waals surface area contributed by atoms with Crippen LogP contribution in [0.25, 0.3) is 0 Å². The molecular formula is C61H109NO10. The van der Waals surface area contributed by atoms with Crippen molar-refractivity contribution in [2.45, 2.75) is 301 Å². The third-order valence-electron chi connectivity index (χ3n) is 13.8. The number of nitrogens with one attached hydrogen (secondary N) is 1. The Hall–Kier alpha value is -2.64. The zero-order valence-corrected chi connectivity index (χ0v) is 46.0. The molecule has 0 aromatic rings. The number of ether oxygens (including phenoxy) is 3. The first-order valence-electron chi connectivity index (χ1n) is 29.6. The SMILES string of the molecule is CC/C=C/C=C/C=C\C=C/CCCCCC(=O)OC1C(OCC(NC(=O)C(O)CCCCCCCCCCCCCCCCCCCC)C(O)/C=C/CCCCCCCCCCCC)OC(CO)C(O)C1O. The first kappa shape index (κ1) is 67.4. The standard InChI is InChI=1S/C61H109NO10/c1-4-7-10-13-16-19-22-25-26-27-28-29-31-33-36-39-42-45-48-54(65)60(69)62-52(53(64)47-44-41-38-35-32-24-21-18-15-12-9-6-3)51-70-61-59(58(68)57(67)55(50-63)71-61)72-56(66)49-46-43-40-37-34-30-23-20-17-14-11-8-5-2/h8,11,14,17,20,23,30,34,44,47,52-55,57-59,61,63-65,67-68H,4-7,9-10,12-13,15-16,18-19,21-22,24-29,31-33,35-43,45-46,48-51H2,1-3H3,(H,62,69)/b11-8+,17-14+,23-20-,34-30-,47-44+. The molecule has 1 aliphatic heterocycles. The fourth-order valence-electron chi connectivity index (χ4n) is 9.07. The monoisotopic (exact) mass is 1020 g/mol. The Morgan fingerprint density at radius 3 is 1.50 bits per heavy atom. The molecule has 0 aromatic carbocycles. The summed E-state index contributed by atoms with van der Waals surface area (Å²) >= 11 is 0. The van der Waals surface area contributed by atoms with E-state index in [1.807, 2.05) is 42.5 Å². The number of aliphatic hydroxyl groups excluding tert-OH is 5. The fraction of sp³-hybridized carbons (Fsp3) is 0.803. The molecule has 0 bridgehead atoms. The lowest BCUT2D eigenvalue weighted by atomic mass is 9.99. The maximum absolute atomic E-state index is 13.4. The molecule has 6 N–H and O–H groups in total. The molecule has 0 aliphatic carbocycles. The maximum atomic E-state index is 13.4. The number of carbonyl (C=O) groups excluding carboxylic acids is 2. The van der Waals surface area contributed by atoms with Gasteiger partial charge >= 0.3 is 5.97 Å². The van der Waals surface area contributed by atoms with Crippen LogP contribution in [0.15, 0.2) is 60.8 Å². The highest BCUT2D eigenvalue weighted by atomic mass is 16.7. The average Bonchev–Trinajstić information content (AvgIpc) is 3.38. The van der Waals surface area contributed by atoms with Gasteiger partial charge in [0.1, 0.15) is 24.4 Å². The van der Waals surface area contributed by atoms with E-state index in [2.05, 4.69) is 38.2 Å². The number of esters is 1. The molecule has 0 radical (unpaired) electrons. The van der Waals surface area contributed by atoms with E-state index in [1.165, 1.54) is 141 Å². The van der Waals surface area contributed by atoms with Crippen molar-refractivity contribution < 1.29 is 49.3 Å². The Balaban J connectivity index is 2.71. The number of hydrogen-bond donors (Lipinski definition) is 6. The van der Waals surface area contributed by atoms with E-state index in [0.717, 1.165) is 64.2 Å². The van der Waals surface area contributed by atoms with Crippen LogP contribution >= 0.6 is 0 Å². The second-order valence-electron chi connectivity index (χ2n) is 20.4. The van der Waals surface area contributed by atoms with Gasteiger partial charge in [0, 0.05) is 6.42 Å². The molecule has 1 fully saturated rings. The third-order valence-corrected chi connectivity index (χ3v) is 13.8. The topological polar surface area (TPSA) is 175 Å². The van der Waals surface area contributed by atoms with Gasteiger partial charge in [-0.25, -0.2) is 0 Å².